The van der Waals surface area contributed by atoms with E-state index < -0.39 is 15.9 Å². The topological polar surface area (TPSA) is 76.4 Å². The number of carbonyl (C=O) groups is 1. The maximum atomic E-state index is 13.2. The average molecular weight is 444 g/mol. The summed E-state index contributed by atoms with van der Waals surface area (Å²) < 4.78 is 34.3. The van der Waals surface area contributed by atoms with E-state index in [9.17, 15) is 13.2 Å². The lowest BCUT2D eigenvalue weighted by molar-refractivity contribution is 0.0980. The number of furan rings is 1. The minimum atomic E-state index is -4.00. The monoisotopic (exact) mass is 443 g/mol. The van der Waals surface area contributed by atoms with Gasteiger partial charge in [0.05, 0.1) is 20.9 Å². The van der Waals surface area contributed by atoms with E-state index in [1.807, 2.05) is 31.4 Å². The van der Waals surface area contributed by atoms with Crippen molar-refractivity contribution in [2.45, 2.75) is 27.8 Å². The first-order chi connectivity index (χ1) is 13.8. The fourth-order valence-corrected chi connectivity index (χ4v) is 5.79. The van der Waals surface area contributed by atoms with Gasteiger partial charge in [-0.05, 0) is 55.1 Å². The summed E-state index contributed by atoms with van der Waals surface area (Å²) in [5.41, 5.74) is 2.54. The molecular formula is C21H17NO4S3. The molecule has 4 rings (SSSR count). The number of rotatable bonds is 5. The summed E-state index contributed by atoms with van der Waals surface area (Å²) in [5.74, 6) is -0.681. The van der Waals surface area contributed by atoms with Gasteiger partial charge < -0.3 is 4.42 Å². The van der Waals surface area contributed by atoms with Gasteiger partial charge in [0.1, 0.15) is 5.58 Å². The second-order valence-electron chi connectivity index (χ2n) is 6.51. The van der Waals surface area contributed by atoms with Crippen LogP contribution in [-0.4, -0.2) is 14.3 Å². The second-order valence-corrected chi connectivity index (χ2v) is 10.5. The van der Waals surface area contributed by atoms with Crippen LogP contribution in [0.5, 0.6) is 0 Å². The minimum absolute atomic E-state index is 0.0417. The van der Waals surface area contributed by atoms with Crippen LogP contribution in [0.3, 0.4) is 0 Å². The van der Waals surface area contributed by atoms with E-state index in [2.05, 4.69) is 4.72 Å². The fraction of sp³-hybridized carbons (Fsp3) is 0.0952. The van der Waals surface area contributed by atoms with Crippen LogP contribution >= 0.6 is 23.1 Å². The van der Waals surface area contributed by atoms with Crippen LogP contribution in [0.15, 0.2) is 78.6 Å². The zero-order chi connectivity index (χ0) is 20.6. The van der Waals surface area contributed by atoms with Gasteiger partial charge in [-0.2, -0.15) is 0 Å². The van der Waals surface area contributed by atoms with Gasteiger partial charge in [0.2, 0.25) is 0 Å². The Balaban J connectivity index is 1.77. The standard InChI is InChI=1S/C21H17NO4S3/c1-13-5-7-15(8-6-13)29(24,25)22-21(23)20-17(28-18-4-3-11-27-18)10-9-16-19(20)14(2)12-26-16/h3-12H,1-2H3,(H,22,23). The molecule has 0 saturated carbocycles. The molecule has 2 aromatic carbocycles. The van der Waals surface area contributed by atoms with Crippen molar-refractivity contribution < 1.29 is 17.6 Å². The van der Waals surface area contributed by atoms with Crippen molar-refractivity contribution in [1.82, 2.24) is 4.72 Å². The molecule has 2 aromatic heterocycles. The minimum Gasteiger partial charge on any atom is -0.464 e. The van der Waals surface area contributed by atoms with Gasteiger partial charge >= 0.3 is 0 Å². The molecule has 4 aromatic rings. The first kappa shape index (κ1) is 19.8. The number of hydrogen-bond donors (Lipinski definition) is 1. The summed E-state index contributed by atoms with van der Waals surface area (Å²) >= 11 is 2.97. The number of carbonyl (C=O) groups excluding carboxylic acids is 1. The molecule has 0 fully saturated rings. The molecule has 0 radical (unpaired) electrons. The number of aryl methyl sites for hydroxylation is 2. The van der Waals surface area contributed by atoms with Gasteiger partial charge in [-0.1, -0.05) is 35.5 Å². The number of amides is 1. The van der Waals surface area contributed by atoms with Crippen LogP contribution < -0.4 is 4.72 Å². The Labute approximate surface area is 176 Å². The van der Waals surface area contributed by atoms with E-state index in [1.54, 1.807) is 41.9 Å². The molecule has 0 saturated heterocycles. The maximum Gasteiger partial charge on any atom is 0.266 e. The predicted octanol–water partition coefficient (Wildman–Crippen LogP) is 5.38. The van der Waals surface area contributed by atoms with Gasteiger partial charge in [0.25, 0.3) is 15.9 Å². The third kappa shape index (κ3) is 3.96. The third-order valence-electron chi connectivity index (χ3n) is 4.38. The van der Waals surface area contributed by atoms with E-state index in [1.165, 1.54) is 23.9 Å². The van der Waals surface area contributed by atoms with Crippen molar-refractivity contribution in [1.29, 1.82) is 0 Å². The Bertz CT molecular complexity index is 1290. The predicted molar refractivity (Wildman–Crippen MR) is 115 cm³/mol. The molecule has 0 unspecified atom stereocenters. The molecule has 8 heteroatoms. The van der Waals surface area contributed by atoms with Gasteiger partial charge in [0, 0.05) is 10.3 Å². The molecule has 1 amide bonds. The lowest BCUT2D eigenvalue weighted by atomic mass is 10.1. The highest BCUT2D eigenvalue weighted by Crippen LogP contribution is 2.38. The van der Waals surface area contributed by atoms with Gasteiger partial charge in [-0.15, -0.1) is 11.3 Å². The molecule has 0 aliphatic heterocycles. The summed E-state index contributed by atoms with van der Waals surface area (Å²) in [4.78, 5) is 13.9. The quantitative estimate of drug-likeness (QED) is 0.448. The molecule has 0 atom stereocenters. The van der Waals surface area contributed by atoms with Crippen molar-refractivity contribution in [3.8, 4) is 0 Å². The van der Waals surface area contributed by atoms with Crippen LogP contribution in [0.1, 0.15) is 21.5 Å². The number of sulfonamides is 1. The summed E-state index contributed by atoms with van der Waals surface area (Å²) in [6, 6.07) is 13.8. The van der Waals surface area contributed by atoms with E-state index in [0.29, 0.717) is 21.4 Å². The zero-order valence-corrected chi connectivity index (χ0v) is 18.1. The third-order valence-corrected chi connectivity index (χ3v) is 7.82. The Morgan fingerprint density at radius 3 is 2.52 bits per heavy atom. The van der Waals surface area contributed by atoms with Crippen molar-refractivity contribution in [3.05, 3.63) is 76.9 Å². The molecule has 0 bridgehead atoms. The van der Waals surface area contributed by atoms with E-state index in [4.69, 9.17) is 4.42 Å². The normalized spacial score (nSPS) is 11.7. The van der Waals surface area contributed by atoms with Crippen molar-refractivity contribution in [2.24, 2.45) is 0 Å². The summed E-state index contributed by atoms with van der Waals surface area (Å²) in [5, 5.41) is 2.56. The van der Waals surface area contributed by atoms with Crippen LogP contribution in [0.25, 0.3) is 11.0 Å². The first-order valence-corrected chi connectivity index (χ1v) is 11.9. The van der Waals surface area contributed by atoms with Gasteiger partial charge in [-0.3, -0.25) is 4.79 Å². The van der Waals surface area contributed by atoms with Crippen molar-refractivity contribution in [2.75, 3.05) is 0 Å². The summed E-state index contributed by atoms with van der Waals surface area (Å²) in [6.07, 6.45) is 1.56. The Morgan fingerprint density at radius 1 is 1.07 bits per heavy atom. The van der Waals surface area contributed by atoms with Crippen LogP contribution in [0.2, 0.25) is 0 Å². The number of thiophene rings is 1. The Morgan fingerprint density at radius 2 is 1.83 bits per heavy atom. The Hall–Kier alpha value is -2.55. The lowest BCUT2D eigenvalue weighted by Crippen LogP contribution is -2.31. The van der Waals surface area contributed by atoms with E-state index >= 15 is 0 Å². The molecule has 0 aliphatic rings. The van der Waals surface area contributed by atoms with Crippen LogP contribution in [-0.2, 0) is 10.0 Å². The molecule has 0 spiro atoms. The number of fused-ring (bicyclic) bond motifs is 1. The van der Waals surface area contributed by atoms with E-state index in [-0.39, 0.29) is 4.90 Å². The average Bonchev–Trinajstić information content (AvgIpc) is 3.32. The largest absolute Gasteiger partial charge is 0.464 e. The van der Waals surface area contributed by atoms with Gasteiger partial charge in [-0.25, -0.2) is 13.1 Å². The van der Waals surface area contributed by atoms with Gasteiger partial charge in [0.15, 0.2) is 0 Å². The second kappa shape index (κ2) is 7.70. The Kier molecular flexibility index (Phi) is 5.24. The highest BCUT2D eigenvalue weighted by Gasteiger charge is 2.25. The fourth-order valence-electron chi connectivity index (χ4n) is 2.95. The number of benzene rings is 2. The highest BCUT2D eigenvalue weighted by atomic mass is 32.2. The SMILES string of the molecule is Cc1ccc(S(=O)(=O)NC(=O)c2c(Sc3cccs3)ccc3occ(C)c23)cc1. The van der Waals surface area contributed by atoms with Crippen molar-refractivity contribution in [3.63, 3.8) is 0 Å². The molecule has 29 heavy (non-hydrogen) atoms. The molecule has 5 nitrogen and oxygen atoms in total. The molecular weight excluding hydrogens is 426 g/mol. The molecule has 2 heterocycles. The molecule has 1 N–H and O–H groups in total. The lowest BCUT2D eigenvalue weighted by Gasteiger charge is -2.12. The molecule has 0 aliphatic carbocycles. The number of nitrogens with one attached hydrogen (secondary N) is 1. The zero-order valence-electron chi connectivity index (χ0n) is 15.6. The molecule has 148 valence electrons. The van der Waals surface area contributed by atoms with E-state index in [0.717, 1.165) is 15.3 Å². The maximum absolute atomic E-state index is 13.2. The summed E-state index contributed by atoms with van der Waals surface area (Å²) in [6.45, 7) is 3.70. The number of hydrogen-bond acceptors (Lipinski definition) is 6. The van der Waals surface area contributed by atoms with Crippen LogP contribution in [0.4, 0.5) is 0 Å². The van der Waals surface area contributed by atoms with Crippen LogP contribution in [0, 0.1) is 13.8 Å². The van der Waals surface area contributed by atoms with Crippen molar-refractivity contribution >= 4 is 50.0 Å². The highest BCUT2D eigenvalue weighted by molar-refractivity contribution is 8.01. The smallest absolute Gasteiger partial charge is 0.266 e. The summed E-state index contributed by atoms with van der Waals surface area (Å²) in [7, 11) is -4.00. The first-order valence-electron chi connectivity index (χ1n) is 8.71.